The fourth-order valence-electron chi connectivity index (χ4n) is 1.46. The molecule has 0 fully saturated rings. The van der Waals surface area contributed by atoms with Crippen molar-refractivity contribution in [3.05, 3.63) is 23.8 Å². The number of carbonyl (C=O) groups is 2. The summed E-state index contributed by atoms with van der Waals surface area (Å²) in [5, 5.41) is 19.9. The summed E-state index contributed by atoms with van der Waals surface area (Å²) in [6.07, 6.45) is -1.64. The zero-order valence-electron chi connectivity index (χ0n) is 11.3. The molecule has 0 spiro atoms. The highest BCUT2D eigenvalue weighted by molar-refractivity contribution is 5.95. The van der Waals surface area contributed by atoms with Gasteiger partial charge in [0.25, 0.3) is 5.91 Å². The summed E-state index contributed by atoms with van der Waals surface area (Å²) in [7, 11) is 1.49. The van der Waals surface area contributed by atoms with E-state index in [9.17, 15) is 9.59 Å². The van der Waals surface area contributed by atoms with E-state index in [-0.39, 0.29) is 12.1 Å². The first-order valence-electron chi connectivity index (χ1n) is 5.99. The predicted molar refractivity (Wildman–Crippen MR) is 70.1 cm³/mol. The van der Waals surface area contributed by atoms with Crippen LogP contribution in [0.2, 0.25) is 0 Å². The van der Waals surface area contributed by atoms with Crippen molar-refractivity contribution in [1.29, 1.82) is 0 Å². The number of carbonyl (C=O) groups excluding carboxylic acids is 1. The second-order valence-electron chi connectivity index (χ2n) is 3.86. The van der Waals surface area contributed by atoms with Crippen LogP contribution in [0.25, 0.3) is 0 Å². The van der Waals surface area contributed by atoms with Crippen molar-refractivity contribution in [1.82, 2.24) is 5.32 Å². The molecule has 0 bridgehead atoms. The summed E-state index contributed by atoms with van der Waals surface area (Å²) in [5.74, 6) is -0.987. The largest absolute Gasteiger partial charge is 0.493 e. The molecule has 7 heteroatoms. The Morgan fingerprint density at radius 3 is 2.60 bits per heavy atom. The predicted octanol–water partition coefficient (Wildman–Crippen LogP) is 0.269. The van der Waals surface area contributed by atoms with Crippen molar-refractivity contribution >= 4 is 11.9 Å². The van der Waals surface area contributed by atoms with Gasteiger partial charge in [0.2, 0.25) is 0 Å². The first-order chi connectivity index (χ1) is 9.49. The quantitative estimate of drug-likeness (QED) is 0.663. The Kier molecular flexibility index (Phi) is 5.79. The van der Waals surface area contributed by atoms with Crippen LogP contribution in [0.15, 0.2) is 18.2 Å². The molecule has 7 nitrogen and oxygen atoms in total. The van der Waals surface area contributed by atoms with Gasteiger partial charge < -0.3 is 25.0 Å². The molecule has 0 aromatic heterocycles. The number of nitrogens with one attached hydrogen (secondary N) is 1. The fraction of sp³-hybridized carbons (Fsp3) is 0.385. The summed E-state index contributed by atoms with van der Waals surface area (Å²) >= 11 is 0. The number of hydrogen-bond donors (Lipinski definition) is 3. The maximum absolute atomic E-state index is 11.8. The Morgan fingerprint density at radius 1 is 1.35 bits per heavy atom. The first-order valence-corrected chi connectivity index (χ1v) is 5.99. The van der Waals surface area contributed by atoms with E-state index in [1.165, 1.54) is 19.2 Å². The van der Waals surface area contributed by atoms with Gasteiger partial charge >= 0.3 is 5.97 Å². The SMILES string of the molecule is CCOc1cc(C(=O)NCC(O)C(=O)O)ccc1OC. The minimum atomic E-state index is -1.64. The summed E-state index contributed by atoms with van der Waals surface area (Å²) in [6.45, 7) is 1.85. The minimum absolute atomic E-state index is 0.284. The molecule has 1 unspecified atom stereocenters. The van der Waals surface area contributed by atoms with Crippen molar-refractivity contribution < 1.29 is 29.3 Å². The molecule has 0 aliphatic rings. The number of benzene rings is 1. The molecule has 1 rings (SSSR count). The van der Waals surface area contributed by atoms with Crippen molar-refractivity contribution in [2.75, 3.05) is 20.3 Å². The molecule has 0 heterocycles. The third kappa shape index (κ3) is 4.13. The van der Waals surface area contributed by atoms with Crippen molar-refractivity contribution in [2.45, 2.75) is 13.0 Å². The van der Waals surface area contributed by atoms with Crippen LogP contribution in [0.5, 0.6) is 11.5 Å². The van der Waals surface area contributed by atoms with Crippen LogP contribution in [0.3, 0.4) is 0 Å². The van der Waals surface area contributed by atoms with E-state index >= 15 is 0 Å². The lowest BCUT2D eigenvalue weighted by Gasteiger charge is -2.12. The van der Waals surface area contributed by atoms with Gasteiger partial charge in [0.05, 0.1) is 20.3 Å². The minimum Gasteiger partial charge on any atom is -0.493 e. The molecule has 0 saturated heterocycles. The highest BCUT2D eigenvalue weighted by Crippen LogP contribution is 2.27. The van der Waals surface area contributed by atoms with Crippen LogP contribution >= 0.6 is 0 Å². The zero-order valence-corrected chi connectivity index (χ0v) is 11.3. The van der Waals surface area contributed by atoms with Crippen LogP contribution in [0.4, 0.5) is 0 Å². The Bertz CT molecular complexity index is 488. The number of amides is 1. The van der Waals surface area contributed by atoms with Gasteiger partial charge in [-0.15, -0.1) is 0 Å². The van der Waals surface area contributed by atoms with Gasteiger partial charge in [-0.05, 0) is 25.1 Å². The average molecular weight is 283 g/mol. The molecular weight excluding hydrogens is 266 g/mol. The fourth-order valence-corrected chi connectivity index (χ4v) is 1.46. The van der Waals surface area contributed by atoms with Crippen molar-refractivity contribution in [2.24, 2.45) is 0 Å². The highest BCUT2D eigenvalue weighted by Gasteiger charge is 2.16. The lowest BCUT2D eigenvalue weighted by molar-refractivity contribution is -0.146. The van der Waals surface area contributed by atoms with Gasteiger partial charge in [-0.25, -0.2) is 4.79 Å². The second-order valence-corrected chi connectivity index (χ2v) is 3.86. The molecule has 0 radical (unpaired) electrons. The first kappa shape index (κ1) is 15.8. The number of aliphatic hydroxyl groups is 1. The third-order valence-corrected chi connectivity index (χ3v) is 2.47. The van der Waals surface area contributed by atoms with Crippen LogP contribution in [0.1, 0.15) is 17.3 Å². The molecule has 110 valence electrons. The van der Waals surface area contributed by atoms with Gasteiger partial charge in [-0.2, -0.15) is 0 Å². The monoisotopic (exact) mass is 283 g/mol. The maximum atomic E-state index is 11.8. The topological polar surface area (TPSA) is 105 Å². The van der Waals surface area contributed by atoms with Crippen LogP contribution < -0.4 is 14.8 Å². The number of aliphatic hydroxyl groups excluding tert-OH is 1. The number of carboxylic acids is 1. The number of hydrogen-bond acceptors (Lipinski definition) is 5. The van der Waals surface area contributed by atoms with E-state index in [4.69, 9.17) is 19.7 Å². The van der Waals surface area contributed by atoms with Gasteiger partial charge in [0.15, 0.2) is 17.6 Å². The Labute approximate surface area is 116 Å². The average Bonchev–Trinajstić information content (AvgIpc) is 2.44. The standard InChI is InChI=1S/C13H17NO6/c1-3-20-11-6-8(4-5-10(11)19-2)12(16)14-7-9(15)13(17)18/h4-6,9,15H,3,7H2,1-2H3,(H,14,16)(H,17,18). The molecule has 3 N–H and O–H groups in total. The molecule has 1 aromatic carbocycles. The van der Waals surface area contributed by atoms with Gasteiger partial charge in [-0.3, -0.25) is 4.79 Å². The highest BCUT2D eigenvalue weighted by atomic mass is 16.5. The Hall–Kier alpha value is -2.28. The van der Waals surface area contributed by atoms with E-state index in [1.54, 1.807) is 13.0 Å². The normalized spacial score (nSPS) is 11.6. The molecule has 20 heavy (non-hydrogen) atoms. The number of rotatable bonds is 7. The molecule has 0 saturated carbocycles. The Morgan fingerprint density at radius 2 is 2.05 bits per heavy atom. The van der Waals surface area contributed by atoms with E-state index in [1.807, 2.05) is 0 Å². The van der Waals surface area contributed by atoms with E-state index in [0.717, 1.165) is 0 Å². The molecule has 1 atom stereocenters. The zero-order chi connectivity index (χ0) is 15.1. The molecule has 0 aliphatic heterocycles. The number of carboxylic acid groups (broad SMARTS) is 1. The van der Waals surface area contributed by atoms with Crippen molar-refractivity contribution in [3.8, 4) is 11.5 Å². The lowest BCUT2D eigenvalue weighted by Crippen LogP contribution is -2.36. The van der Waals surface area contributed by atoms with E-state index in [0.29, 0.717) is 18.1 Å². The second kappa shape index (κ2) is 7.34. The van der Waals surface area contributed by atoms with Crippen LogP contribution in [-0.4, -0.2) is 48.5 Å². The number of ether oxygens (including phenoxy) is 2. The van der Waals surface area contributed by atoms with Gasteiger partial charge in [0, 0.05) is 5.56 Å². The van der Waals surface area contributed by atoms with Gasteiger partial charge in [0.1, 0.15) is 0 Å². The van der Waals surface area contributed by atoms with Crippen LogP contribution in [-0.2, 0) is 4.79 Å². The molecule has 1 aromatic rings. The molecule has 0 aliphatic carbocycles. The van der Waals surface area contributed by atoms with E-state index < -0.39 is 18.0 Å². The maximum Gasteiger partial charge on any atom is 0.334 e. The third-order valence-electron chi connectivity index (χ3n) is 2.47. The number of aliphatic carboxylic acids is 1. The lowest BCUT2D eigenvalue weighted by atomic mass is 10.2. The Balaban J connectivity index is 2.78. The molecule has 1 amide bonds. The summed E-state index contributed by atoms with van der Waals surface area (Å²) in [6, 6.07) is 4.59. The van der Waals surface area contributed by atoms with E-state index in [2.05, 4.69) is 5.32 Å². The van der Waals surface area contributed by atoms with Crippen LogP contribution in [0, 0.1) is 0 Å². The van der Waals surface area contributed by atoms with Crippen molar-refractivity contribution in [3.63, 3.8) is 0 Å². The summed E-state index contributed by atoms with van der Waals surface area (Å²) in [4.78, 5) is 22.2. The number of methoxy groups -OCH3 is 1. The molecular formula is C13H17NO6. The van der Waals surface area contributed by atoms with Gasteiger partial charge in [-0.1, -0.05) is 0 Å². The summed E-state index contributed by atoms with van der Waals surface area (Å²) < 4.78 is 10.4. The smallest absolute Gasteiger partial charge is 0.334 e. The summed E-state index contributed by atoms with van der Waals surface area (Å²) in [5.41, 5.74) is 0.284.